The predicted octanol–water partition coefficient (Wildman–Crippen LogP) is 1.79. The summed E-state index contributed by atoms with van der Waals surface area (Å²) in [7, 11) is -3.73. The first kappa shape index (κ1) is 15.7. The number of carbonyl (C=O) groups is 1. The summed E-state index contributed by atoms with van der Waals surface area (Å²) < 4.78 is 26.0. The molecule has 104 valence electrons. The molecule has 0 aliphatic carbocycles. The Morgan fingerprint density at radius 3 is 2.63 bits per heavy atom. The van der Waals surface area contributed by atoms with Crippen molar-refractivity contribution in [2.75, 3.05) is 13.1 Å². The zero-order valence-electron chi connectivity index (χ0n) is 10.7. The van der Waals surface area contributed by atoms with E-state index in [4.69, 9.17) is 11.5 Å². The second kappa shape index (κ2) is 6.19. The number of hydrogen-bond donors (Lipinski definition) is 1. The Balaban J connectivity index is 3.25. The molecule has 0 saturated heterocycles. The van der Waals surface area contributed by atoms with E-state index in [-0.39, 0.29) is 16.3 Å². The summed E-state index contributed by atoms with van der Waals surface area (Å²) in [6.45, 7) is 3.73. The van der Waals surface area contributed by atoms with E-state index in [1.54, 1.807) is 6.92 Å². The SMILES string of the molecule is C#CCN(CCC)S(=O)(=O)c1cc(C(=O)O)sc1C. The van der Waals surface area contributed by atoms with Crippen molar-refractivity contribution in [1.82, 2.24) is 4.31 Å². The van der Waals surface area contributed by atoms with Crippen LogP contribution in [0.25, 0.3) is 0 Å². The minimum Gasteiger partial charge on any atom is -0.477 e. The molecule has 1 N–H and O–H groups in total. The zero-order valence-corrected chi connectivity index (χ0v) is 12.3. The average Bonchev–Trinajstić information content (AvgIpc) is 2.72. The van der Waals surface area contributed by atoms with Gasteiger partial charge in [-0.3, -0.25) is 0 Å². The molecule has 1 aromatic rings. The Bertz CT molecular complexity index is 610. The number of aryl methyl sites for hydroxylation is 1. The topological polar surface area (TPSA) is 74.7 Å². The number of thiophene rings is 1. The van der Waals surface area contributed by atoms with E-state index >= 15 is 0 Å². The fraction of sp³-hybridized carbons (Fsp3) is 0.417. The van der Waals surface area contributed by atoms with Crippen molar-refractivity contribution >= 4 is 27.3 Å². The number of terminal acetylenes is 1. The highest BCUT2D eigenvalue weighted by Crippen LogP contribution is 2.28. The number of carboxylic acid groups (broad SMARTS) is 1. The van der Waals surface area contributed by atoms with Gasteiger partial charge in [0.15, 0.2) is 0 Å². The summed E-state index contributed by atoms with van der Waals surface area (Å²) >= 11 is 0.946. The van der Waals surface area contributed by atoms with Crippen LogP contribution < -0.4 is 0 Å². The summed E-state index contributed by atoms with van der Waals surface area (Å²) in [4.78, 5) is 11.4. The van der Waals surface area contributed by atoms with Gasteiger partial charge in [-0.25, -0.2) is 13.2 Å². The van der Waals surface area contributed by atoms with Crippen molar-refractivity contribution in [3.05, 3.63) is 15.8 Å². The Labute approximate surface area is 116 Å². The minimum atomic E-state index is -3.73. The highest BCUT2D eigenvalue weighted by atomic mass is 32.2. The number of rotatable bonds is 6. The normalized spacial score (nSPS) is 11.5. The fourth-order valence-corrected chi connectivity index (χ4v) is 4.45. The molecule has 0 bridgehead atoms. The van der Waals surface area contributed by atoms with Gasteiger partial charge in [-0.05, 0) is 19.4 Å². The smallest absolute Gasteiger partial charge is 0.345 e. The van der Waals surface area contributed by atoms with Gasteiger partial charge in [0.1, 0.15) is 4.88 Å². The van der Waals surface area contributed by atoms with Crippen molar-refractivity contribution in [2.24, 2.45) is 0 Å². The first-order valence-corrected chi connectivity index (χ1v) is 7.87. The van der Waals surface area contributed by atoms with Crippen molar-refractivity contribution in [3.63, 3.8) is 0 Å². The highest BCUT2D eigenvalue weighted by molar-refractivity contribution is 7.89. The Hall–Kier alpha value is -1.36. The third-order valence-electron chi connectivity index (χ3n) is 2.44. The number of aromatic carboxylic acids is 1. The molecule has 0 aliphatic rings. The van der Waals surface area contributed by atoms with Crippen LogP contribution in [0.4, 0.5) is 0 Å². The highest BCUT2D eigenvalue weighted by Gasteiger charge is 2.27. The van der Waals surface area contributed by atoms with Crippen LogP contribution in [0.3, 0.4) is 0 Å². The molecule has 0 saturated carbocycles. The zero-order chi connectivity index (χ0) is 14.6. The van der Waals surface area contributed by atoms with Gasteiger partial charge in [-0.2, -0.15) is 4.31 Å². The second-order valence-corrected chi connectivity index (χ2v) is 7.04. The van der Waals surface area contributed by atoms with E-state index in [0.29, 0.717) is 17.8 Å². The van der Waals surface area contributed by atoms with Gasteiger partial charge in [-0.15, -0.1) is 17.8 Å². The molecule has 19 heavy (non-hydrogen) atoms. The van der Waals surface area contributed by atoms with Crippen LogP contribution in [0, 0.1) is 19.3 Å². The van der Waals surface area contributed by atoms with Crippen LogP contribution >= 0.6 is 11.3 Å². The lowest BCUT2D eigenvalue weighted by atomic mass is 10.4. The molecule has 1 heterocycles. The molecule has 0 spiro atoms. The molecule has 0 radical (unpaired) electrons. The average molecular weight is 301 g/mol. The van der Waals surface area contributed by atoms with E-state index in [1.165, 1.54) is 10.4 Å². The van der Waals surface area contributed by atoms with Gasteiger partial charge in [-0.1, -0.05) is 12.8 Å². The first-order chi connectivity index (χ1) is 8.84. The number of carboxylic acids is 1. The van der Waals surface area contributed by atoms with Gasteiger partial charge in [0.25, 0.3) is 0 Å². The molecule has 7 heteroatoms. The van der Waals surface area contributed by atoms with Crippen LogP contribution in [-0.2, 0) is 10.0 Å². The largest absolute Gasteiger partial charge is 0.477 e. The summed E-state index contributed by atoms with van der Waals surface area (Å²) in [5.41, 5.74) is 0. The van der Waals surface area contributed by atoms with Crippen molar-refractivity contribution in [2.45, 2.75) is 25.2 Å². The standard InChI is InChI=1S/C12H15NO4S2/c1-4-6-13(7-5-2)19(16,17)11-8-10(12(14)15)18-9(11)3/h1,8H,5-7H2,2-3H3,(H,14,15). The molecule has 1 aromatic heterocycles. The van der Waals surface area contributed by atoms with E-state index in [1.807, 2.05) is 6.92 Å². The summed E-state index contributed by atoms with van der Waals surface area (Å²) in [5.74, 6) is 1.18. The number of hydrogen-bond acceptors (Lipinski definition) is 4. The van der Waals surface area contributed by atoms with E-state index in [9.17, 15) is 13.2 Å². The summed E-state index contributed by atoms with van der Waals surface area (Å²) in [5, 5.41) is 8.90. The van der Waals surface area contributed by atoms with E-state index in [2.05, 4.69) is 5.92 Å². The Morgan fingerprint density at radius 2 is 2.21 bits per heavy atom. The van der Waals surface area contributed by atoms with E-state index < -0.39 is 16.0 Å². The van der Waals surface area contributed by atoms with Crippen LogP contribution in [0.2, 0.25) is 0 Å². The van der Waals surface area contributed by atoms with Crippen LogP contribution in [0.1, 0.15) is 27.9 Å². The van der Waals surface area contributed by atoms with Crippen molar-refractivity contribution in [3.8, 4) is 12.3 Å². The van der Waals surface area contributed by atoms with Gasteiger partial charge < -0.3 is 5.11 Å². The minimum absolute atomic E-state index is 0.00762. The molecule has 0 aromatic carbocycles. The lowest BCUT2D eigenvalue weighted by Gasteiger charge is -2.18. The predicted molar refractivity (Wildman–Crippen MR) is 73.9 cm³/mol. The molecule has 1 rings (SSSR count). The second-order valence-electron chi connectivity index (χ2n) is 3.88. The van der Waals surface area contributed by atoms with Crippen LogP contribution in [-0.4, -0.2) is 36.9 Å². The molecule has 0 atom stereocenters. The number of sulfonamides is 1. The van der Waals surface area contributed by atoms with Gasteiger partial charge in [0.2, 0.25) is 10.0 Å². The summed E-state index contributed by atoms with van der Waals surface area (Å²) in [6, 6.07) is 1.19. The maximum atomic E-state index is 12.4. The molecule has 0 aliphatic heterocycles. The first-order valence-electron chi connectivity index (χ1n) is 5.62. The molecular weight excluding hydrogens is 286 g/mol. The molecular formula is C12H15NO4S2. The van der Waals surface area contributed by atoms with Crippen LogP contribution in [0.15, 0.2) is 11.0 Å². The molecule has 5 nitrogen and oxygen atoms in total. The number of nitrogens with zero attached hydrogens (tertiary/aromatic N) is 1. The maximum absolute atomic E-state index is 12.4. The Kier molecular flexibility index (Phi) is 5.11. The maximum Gasteiger partial charge on any atom is 0.345 e. The third kappa shape index (κ3) is 3.35. The molecule has 0 amide bonds. The van der Waals surface area contributed by atoms with Crippen molar-refractivity contribution in [1.29, 1.82) is 0 Å². The van der Waals surface area contributed by atoms with E-state index in [0.717, 1.165) is 11.3 Å². The van der Waals surface area contributed by atoms with Crippen LogP contribution in [0.5, 0.6) is 0 Å². The summed E-state index contributed by atoms with van der Waals surface area (Å²) in [6.07, 6.45) is 5.81. The molecule has 0 fully saturated rings. The van der Waals surface area contributed by atoms with Crippen molar-refractivity contribution < 1.29 is 18.3 Å². The monoisotopic (exact) mass is 301 g/mol. The molecule has 0 unspecified atom stereocenters. The lowest BCUT2D eigenvalue weighted by Crippen LogP contribution is -2.32. The Morgan fingerprint density at radius 1 is 1.58 bits per heavy atom. The third-order valence-corrected chi connectivity index (χ3v) is 5.58. The van der Waals surface area contributed by atoms with Gasteiger partial charge >= 0.3 is 5.97 Å². The van der Waals surface area contributed by atoms with Gasteiger partial charge in [0.05, 0.1) is 11.4 Å². The lowest BCUT2D eigenvalue weighted by molar-refractivity contribution is 0.0702. The fourth-order valence-electron chi connectivity index (χ4n) is 1.60. The van der Waals surface area contributed by atoms with Gasteiger partial charge in [0, 0.05) is 11.4 Å². The quantitative estimate of drug-likeness (QED) is 0.813.